The van der Waals surface area contributed by atoms with E-state index in [4.69, 9.17) is 21.1 Å². The SMILES string of the molecule is CCc1csc(NC(=O)[C@H](CC(=O)OC(C)(C)C)NC(=O)OCC2c3ccccc3-c3ccccc32)c1C(=O)c1ccc(Cl)cc1. The first-order chi connectivity index (χ1) is 21.9. The van der Waals surface area contributed by atoms with Gasteiger partial charge >= 0.3 is 12.1 Å². The van der Waals surface area contributed by atoms with Crippen LogP contribution in [0.4, 0.5) is 9.80 Å². The van der Waals surface area contributed by atoms with E-state index in [1.54, 1.807) is 50.4 Å². The van der Waals surface area contributed by atoms with Crippen LogP contribution in [0.3, 0.4) is 0 Å². The fourth-order valence-electron chi connectivity index (χ4n) is 5.48. The number of anilines is 1. The van der Waals surface area contributed by atoms with Crippen molar-refractivity contribution in [2.24, 2.45) is 0 Å². The van der Waals surface area contributed by atoms with Crippen molar-refractivity contribution < 1.29 is 28.7 Å². The molecule has 0 spiro atoms. The lowest BCUT2D eigenvalue weighted by atomic mass is 9.98. The number of amides is 2. The van der Waals surface area contributed by atoms with Crippen LogP contribution >= 0.6 is 22.9 Å². The van der Waals surface area contributed by atoms with Gasteiger partial charge in [0.25, 0.3) is 0 Å². The predicted octanol–water partition coefficient (Wildman–Crippen LogP) is 7.77. The van der Waals surface area contributed by atoms with Crippen molar-refractivity contribution in [3.05, 3.63) is 111 Å². The topological polar surface area (TPSA) is 111 Å². The minimum Gasteiger partial charge on any atom is -0.460 e. The third-order valence-corrected chi connectivity index (χ3v) is 8.76. The number of alkyl carbamates (subject to hydrolysis) is 1. The molecule has 46 heavy (non-hydrogen) atoms. The van der Waals surface area contributed by atoms with Gasteiger partial charge in [0, 0.05) is 16.5 Å². The van der Waals surface area contributed by atoms with E-state index in [0.29, 0.717) is 27.6 Å². The van der Waals surface area contributed by atoms with Gasteiger partial charge in [-0.05, 0) is 84.7 Å². The zero-order chi connectivity index (χ0) is 33.0. The van der Waals surface area contributed by atoms with Gasteiger partial charge in [0.2, 0.25) is 5.91 Å². The molecule has 10 heteroatoms. The third-order valence-electron chi connectivity index (χ3n) is 7.56. The van der Waals surface area contributed by atoms with Gasteiger partial charge in [0.05, 0.1) is 12.0 Å². The van der Waals surface area contributed by atoms with Crippen LogP contribution in [-0.2, 0) is 25.5 Å². The largest absolute Gasteiger partial charge is 0.460 e. The number of hydrogen-bond donors (Lipinski definition) is 2. The molecule has 2 N–H and O–H groups in total. The molecule has 5 rings (SSSR count). The number of ether oxygens (including phenoxy) is 2. The van der Waals surface area contributed by atoms with E-state index in [9.17, 15) is 19.2 Å². The van der Waals surface area contributed by atoms with Crippen LogP contribution in [0.1, 0.15) is 72.6 Å². The Balaban J connectivity index is 1.34. The average molecular weight is 659 g/mol. The fourth-order valence-corrected chi connectivity index (χ4v) is 6.65. The highest BCUT2D eigenvalue weighted by molar-refractivity contribution is 7.15. The first-order valence-electron chi connectivity index (χ1n) is 15.0. The van der Waals surface area contributed by atoms with Crippen LogP contribution in [0.15, 0.2) is 78.2 Å². The first-order valence-corrected chi connectivity index (χ1v) is 16.3. The van der Waals surface area contributed by atoms with Crippen molar-refractivity contribution in [1.82, 2.24) is 5.32 Å². The summed E-state index contributed by atoms with van der Waals surface area (Å²) < 4.78 is 11.1. The maximum atomic E-state index is 13.7. The summed E-state index contributed by atoms with van der Waals surface area (Å²) in [5, 5.41) is 7.96. The molecule has 3 aromatic carbocycles. The summed E-state index contributed by atoms with van der Waals surface area (Å²) in [5.41, 5.74) is 4.97. The third kappa shape index (κ3) is 7.49. The Bertz CT molecular complexity index is 1730. The molecule has 4 aromatic rings. The van der Waals surface area contributed by atoms with Crippen LogP contribution in [0.2, 0.25) is 5.02 Å². The number of halogens is 1. The number of fused-ring (bicyclic) bond motifs is 3. The molecule has 238 valence electrons. The summed E-state index contributed by atoms with van der Waals surface area (Å²) in [5.74, 6) is -1.83. The van der Waals surface area contributed by atoms with Gasteiger partial charge in [-0.1, -0.05) is 67.1 Å². The standard InChI is InChI=1S/C36H35ClN2O6S/c1-5-21-20-46-34(31(21)32(41)22-14-16-23(37)17-15-22)39-33(42)29(18-30(40)45-36(2,3)4)38-35(43)44-19-28-26-12-8-6-10-24(26)25-11-7-9-13-27(25)28/h6-17,20,28-29H,5,18-19H2,1-4H3,(H,38,43)(H,39,42)/t29-/m0/s1. The maximum Gasteiger partial charge on any atom is 0.407 e. The lowest BCUT2D eigenvalue weighted by Crippen LogP contribution is -2.46. The highest BCUT2D eigenvalue weighted by atomic mass is 35.5. The van der Waals surface area contributed by atoms with Gasteiger partial charge in [-0.25, -0.2) is 4.79 Å². The van der Waals surface area contributed by atoms with E-state index in [2.05, 4.69) is 10.6 Å². The summed E-state index contributed by atoms with van der Waals surface area (Å²) in [6, 6.07) is 21.1. The highest BCUT2D eigenvalue weighted by Crippen LogP contribution is 2.44. The zero-order valence-electron chi connectivity index (χ0n) is 26.0. The number of rotatable bonds is 10. The van der Waals surface area contributed by atoms with Gasteiger partial charge in [-0.3, -0.25) is 14.4 Å². The van der Waals surface area contributed by atoms with Gasteiger partial charge in [0.1, 0.15) is 23.3 Å². The van der Waals surface area contributed by atoms with Crippen molar-refractivity contribution in [1.29, 1.82) is 0 Å². The Morgan fingerprint density at radius 2 is 1.52 bits per heavy atom. The number of hydrogen-bond acceptors (Lipinski definition) is 7. The molecule has 0 fully saturated rings. The summed E-state index contributed by atoms with van der Waals surface area (Å²) in [6.45, 7) is 7.09. The van der Waals surface area contributed by atoms with Crippen molar-refractivity contribution in [2.45, 2.75) is 58.1 Å². The van der Waals surface area contributed by atoms with Gasteiger partial charge in [0.15, 0.2) is 5.78 Å². The summed E-state index contributed by atoms with van der Waals surface area (Å²) in [6.07, 6.45) is -0.747. The molecule has 0 aliphatic heterocycles. The second-order valence-corrected chi connectivity index (χ2v) is 13.3. The first kappa shape index (κ1) is 32.9. The minimum absolute atomic E-state index is 0.0329. The Morgan fingerprint density at radius 1 is 0.913 bits per heavy atom. The van der Waals surface area contributed by atoms with Gasteiger partial charge in [-0.15, -0.1) is 11.3 Å². The van der Waals surface area contributed by atoms with E-state index in [1.165, 1.54) is 11.3 Å². The number of carbonyl (C=O) groups is 4. The molecule has 1 heterocycles. The molecule has 8 nitrogen and oxygen atoms in total. The van der Waals surface area contributed by atoms with E-state index in [1.807, 2.05) is 55.5 Å². The summed E-state index contributed by atoms with van der Waals surface area (Å²) >= 11 is 7.21. The number of aryl methyl sites for hydroxylation is 1. The number of carbonyl (C=O) groups excluding carboxylic acids is 4. The van der Waals surface area contributed by atoms with E-state index in [-0.39, 0.29) is 18.3 Å². The van der Waals surface area contributed by atoms with Crippen molar-refractivity contribution in [2.75, 3.05) is 11.9 Å². The highest BCUT2D eigenvalue weighted by Gasteiger charge is 2.32. The van der Waals surface area contributed by atoms with Crippen LogP contribution in [0.25, 0.3) is 11.1 Å². The lowest BCUT2D eigenvalue weighted by molar-refractivity contribution is -0.156. The number of nitrogens with one attached hydrogen (secondary N) is 2. The molecule has 2 amide bonds. The summed E-state index contributed by atoms with van der Waals surface area (Å²) in [4.78, 5) is 53.2. The second-order valence-electron chi connectivity index (χ2n) is 12.0. The van der Waals surface area contributed by atoms with E-state index in [0.717, 1.165) is 27.8 Å². The van der Waals surface area contributed by atoms with Crippen molar-refractivity contribution >= 4 is 51.7 Å². The minimum atomic E-state index is -1.34. The molecule has 0 saturated heterocycles. The van der Waals surface area contributed by atoms with Gasteiger partial charge in [-0.2, -0.15) is 0 Å². The van der Waals surface area contributed by atoms with Gasteiger partial charge < -0.3 is 20.1 Å². The Morgan fingerprint density at radius 3 is 2.11 bits per heavy atom. The number of esters is 1. The van der Waals surface area contributed by atoms with Crippen LogP contribution in [0.5, 0.6) is 0 Å². The number of ketones is 1. The number of benzene rings is 3. The molecule has 1 aliphatic carbocycles. The summed E-state index contributed by atoms with van der Waals surface area (Å²) in [7, 11) is 0. The van der Waals surface area contributed by atoms with Crippen molar-refractivity contribution in [3.63, 3.8) is 0 Å². The average Bonchev–Trinajstić information content (AvgIpc) is 3.57. The fraction of sp³-hybridized carbons (Fsp3) is 0.278. The second kappa shape index (κ2) is 13.9. The predicted molar refractivity (Wildman–Crippen MR) is 180 cm³/mol. The Kier molecular flexibility index (Phi) is 9.94. The Hall–Kier alpha value is -4.47. The lowest BCUT2D eigenvalue weighted by Gasteiger charge is -2.23. The molecule has 0 bridgehead atoms. The van der Waals surface area contributed by atoms with E-state index < -0.39 is 36.0 Å². The Labute approximate surface area is 277 Å². The van der Waals surface area contributed by atoms with Crippen LogP contribution in [0, 0.1) is 0 Å². The number of thiophene rings is 1. The molecular weight excluding hydrogens is 624 g/mol. The van der Waals surface area contributed by atoms with Crippen LogP contribution < -0.4 is 10.6 Å². The molecule has 0 unspecified atom stereocenters. The molecule has 0 radical (unpaired) electrons. The molecular formula is C36H35ClN2O6S. The molecule has 1 aliphatic rings. The molecule has 1 aromatic heterocycles. The normalized spacial score (nSPS) is 12.9. The van der Waals surface area contributed by atoms with E-state index >= 15 is 0 Å². The monoisotopic (exact) mass is 658 g/mol. The maximum absolute atomic E-state index is 13.7. The smallest absolute Gasteiger partial charge is 0.407 e. The molecule has 0 saturated carbocycles. The zero-order valence-corrected chi connectivity index (χ0v) is 27.6. The van der Waals surface area contributed by atoms with Crippen LogP contribution in [-0.4, -0.2) is 42.0 Å². The molecule has 1 atom stereocenters. The quantitative estimate of drug-likeness (QED) is 0.133. The van der Waals surface area contributed by atoms with Crippen molar-refractivity contribution in [3.8, 4) is 11.1 Å².